The lowest BCUT2D eigenvalue weighted by atomic mass is 10.1. The standard InChI is InChI=1S/C14H23NO2/c1-3-4-7-16-8-9-17-14-10-13(11-15)6-5-12(14)2/h5-6,10H,3-4,7-9,11,15H2,1-2H3. The molecule has 0 heterocycles. The number of benzene rings is 1. The molecule has 2 N–H and O–H groups in total. The highest BCUT2D eigenvalue weighted by Crippen LogP contribution is 2.19. The molecule has 0 aliphatic heterocycles. The Balaban J connectivity index is 2.30. The Morgan fingerprint density at radius 2 is 2.00 bits per heavy atom. The normalized spacial score (nSPS) is 10.5. The summed E-state index contributed by atoms with van der Waals surface area (Å²) in [6.45, 7) is 6.80. The van der Waals surface area contributed by atoms with Gasteiger partial charge >= 0.3 is 0 Å². The summed E-state index contributed by atoms with van der Waals surface area (Å²) in [6, 6.07) is 6.07. The van der Waals surface area contributed by atoms with E-state index in [1.807, 2.05) is 25.1 Å². The Hall–Kier alpha value is -1.06. The van der Waals surface area contributed by atoms with Crippen molar-refractivity contribution in [2.75, 3.05) is 19.8 Å². The summed E-state index contributed by atoms with van der Waals surface area (Å²) in [5.74, 6) is 0.909. The van der Waals surface area contributed by atoms with E-state index in [-0.39, 0.29) is 0 Å². The Labute approximate surface area is 104 Å². The second-order valence-corrected chi connectivity index (χ2v) is 4.12. The number of aryl methyl sites for hydroxylation is 1. The van der Waals surface area contributed by atoms with Crippen LogP contribution in [0.3, 0.4) is 0 Å². The first-order valence-electron chi connectivity index (χ1n) is 6.28. The summed E-state index contributed by atoms with van der Waals surface area (Å²) >= 11 is 0. The molecule has 96 valence electrons. The Morgan fingerprint density at radius 3 is 2.71 bits per heavy atom. The molecule has 0 unspecified atom stereocenters. The van der Waals surface area contributed by atoms with Gasteiger partial charge in [0.15, 0.2) is 0 Å². The highest BCUT2D eigenvalue weighted by atomic mass is 16.5. The molecule has 0 aliphatic carbocycles. The van der Waals surface area contributed by atoms with Crippen LogP contribution in [0.25, 0.3) is 0 Å². The first-order valence-corrected chi connectivity index (χ1v) is 6.28. The molecule has 1 aromatic carbocycles. The van der Waals surface area contributed by atoms with Crippen LogP contribution in [0.5, 0.6) is 5.75 Å². The van der Waals surface area contributed by atoms with Crippen molar-refractivity contribution in [3.8, 4) is 5.75 Å². The van der Waals surface area contributed by atoms with E-state index in [0.717, 1.165) is 29.9 Å². The smallest absolute Gasteiger partial charge is 0.122 e. The molecule has 0 aromatic heterocycles. The van der Waals surface area contributed by atoms with Crippen LogP contribution in [0.2, 0.25) is 0 Å². The molecule has 3 nitrogen and oxygen atoms in total. The van der Waals surface area contributed by atoms with Gasteiger partial charge in [-0.05, 0) is 30.5 Å². The van der Waals surface area contributed by atoms with Gasteiger partial charge in [0.1, 0.15) is 12.4 Å². The van der Waals surface area contributed by atoms with Crippen LogP contribution in [0, 0.1) is 6.92 Å². The van der Waals surface area contributed by atoms with Gasteiger partial charge in [0.05, 0.1) is 6.61 Å². The average molecular weight is 237 g/mol. The molecule has 0 saturated heterocycles. The Kier molecular flexibility index (Phi) is 6.67. The van der Waals surface area contributed by atoms with Crippen molar-refractivity contribution < 1.29 is 9.47 Å². The molecule has 0 bridgehead atoms. The van der Waals surface area contributed by atoms with Crippen molar-refractivity contribution in [2.24, 2.45) is 5.73 Å². The van der Waals surface area contributed by atoms with E-state index in [1.54, 1.807) is 0 Å². The first kappa shape index (κ1) is 14.0. The average Bonchev–Trinajstić information content (AvgIpc) is 2.35. The maximum Gasteiger partial charge on any atom is 0.122 e. The molecule has 1 rings (SSSR count). The molecule has 17 heavy (non-hydrogen) atoms. The fourth-order valence-electron chi connectivity index (χ4n) is 1.49. The fourth-order valence-corrected chi connectivity index (χ4v) is 1.49. The molecule has 3 heteroatoms. The molecule has 0 aliphatic rings. The van der Waals surface area contributed by atoms with E-state index < -0.39 is 0 Å². The number of unbranched alkanes of at least 4 members (excludes halogenated alkanes) is 1. The van der Waals surface area contributed by atoms with Gasteiger partial charge in [-0.15, -0.1) is 0 Å². The van der Waals surface area contributed by atoms with Crippen LogP contribution in [0.1, 0.15) is 30.9 Å². The van der Waals surface area contributed by atoms with Crippen molar-refractivity contribution in [1.82, 2.24) is 0 Å². The topological polar surface area (TPSA) is 44.5 Å². The molecule has 1 aromatic rings. The largest absolute Gasteiger partial charge is 0.491 e. The summed E-state index contributed by atoms with van der Waals surface area (Å²) < 4.78 is 11.1. The molecule has 0 atom stereocenters. The summed E-state index contributed by atoms with van der Waals surface area (Å²) in [5.41, 5.74) is 7.83. The minimum atomic E-state index is 0.545. The van der Waals surface area contributed by atoms with Crippen LogP contribution in [-0.4, -0.2) is 19.8 Å². The fraction of sp³-hybridized carbons (Fsp3) is 0.571. The van der Waals surface area contributed by atoms with E-state index >= 15 is 0 Å². The zero-order valence-corrected chi connectivity index (χ0v) is 10.9. The maximum atomic E-state index is 5.68. The third-order valence-electron chi connectivity index (χ3n) is 2.62. The van der Waals surface area contributed by atoms with Crippen molar-refractivity contribution in [3.05, 3.63) is 29.3 Å². The second kappa shape index (κ2) is 8.09. The highest BCUT2D eigenvalue weighted by Gasteiger charge is 2.00. The molecule has 0 radical (unpaired) electrons. The minimum Gasteiger partial charge on any atom is -0.491 e. The van der Waals surface area contributed by atoms with E-state index in [1.165, 1.54) is 6.42 Å². The number of ether oxygens (including phenoxy) is 2. The monoisotopic (exact) mass is 237 g/mol. The number of rotatable bonds is 8. The van der Waals surface area contributed by atoms with Crippen LogP contribution in [0.4, 0.5) is 0 Å². The number of hydrogen-bond donors (Lipinski definition) is 1. The lowest BCUT2D eigenvalue weighted by Gasteiger charge is -2.10. The predicted octanol–water partition coefficient (Wildman–Crippen LogP) is 2.65. The Bertz CT molecular complexity index is 326. The molecule has 0 amide bonds. The summed E-state index contributed by atoms with van der Waals surface area (Å²) in [4.78, 5) is 0. The first-order chi connectivity index (χ1) is 8.27. The SMILES string of the molecule is CCCCOCCOc1cc(CN)ccc1C. The summed E-state index contributed by atoms with van der Waals surface area (Å²) in [6.07, 6.45) is 2.28. The van der Waals surface area contributed by atoms with Gasteiger partial charge < -0.3 is 15.2 Å². The van der Waals surface area contributed by atoms with Crippen molar-refractivity contribution >= 4 is 0 Å². The number of nitrogens with two attached hydrogens (primary N) is 1. The molecule has 0 fully saturated rings. The second-order valence-electron chi connectivity index (χ2n) is 4.12. The van der Waals surface area contributed by atoms with Crippen molar-refractivity contribution in [3.63, 3.8) is 0 Å². The van der Waals surface area contributed by atoms with Crippen LogP contribution >= 0.6 is 0 Å². The van der Waals surface area contributed by atoms with Crippen LogP contribution in [-0.2, 0) is 11.3 Å². The summed E-state index contributed by atoms with van der Waals surface area (Å²) in [7, 11) is 0. The quantitative estimate of drug-likeness (QED) is 0.707. The van der Waals surface area contributed by atoms with Gasteiger partial charge in [-0.25, -0.2) is 0 Å². The van der Waals surface area contributed by atoms with E-state index in [9.17, 15) is 0 Å². The van der Waals surface area contributed by atoms with Gasteiger partial charge in [0, 0.05) is 13.2 Å². The third-order valence-corrected chi connectivity index (χ3v) is 2.62. The molecular formula is C14H23NO2. The summed E-state index contributed by atoms with van der Waals surface area (Å²) in [5, 5.41) is 0. The van der Waals surface area contributed by atoms with Gasteiger partial charge in [-0.3, -0.25) is 0 Å². The van der Waals surface area contributed by atoms with E-state index in [0.29, 0.717) is 19.8 Å². The molecule has 0 spiro atoms. The molecule has 0 saturated carbocycles. The van der Waals surface area contributed by atoms with Crippen molar-refractivity contribution in [1.29, 1.82) is 0 Å². The van der Waals surface area contributed by atoms with Crippen molar-refractivity contribution in [2.45, 2.75) is 33.2 Å². The third kappa shape index (κ3) is 5.20. The zero-order valence-electron chi connectivity index (χ0n) is 10.9. The lowest BCUT2D eigenvalue weighted by molar-refractivity contribution is 0.0978. The number of hydrogen-bond acceptors (Lipinski definition) is 3. The maximum absolute atomic E-state index is 5.68. The van der Waals surface area contributed by atoms with E-state index in [4.69, 9.17) is 15.2 Å². The van der Waals surface area contributed by atoms with E-state index in [2.05, 4.69) is 6.92 Å². The zero-order chi connectivity index (χ0) is 12.5. The minimum absolute atomic E-state index is 0.545. The lowest BCUT2D eigenvalue weighted by Crippen LogP contribution is -2.08. The Morgan fingerprint density at radius 1 is 1.18 bits per heavy atom. The molecular weight excluding hydrogens is 214 g/mol. The van der Waals surface area contributed by atoms with Gasteiger partial charge in [0.2, 0.25) is 0 Å². The predicted molar refractivity (Wildman–Crippen MR) is 70.3 cm³/mol. The van der Waals surface area contributed by atoms with Crippen LogP contribution < -0.4 is 10.5 Å². The van der Waals surface area contributed by atoms with Gasteiger partial charge in [-0.2, -0.15) is 0 Å². The van der Waals surface area contributed by atoms with Crippen LogP contribution in [0.15, 0.2) is 18.2 Å². The van der Waals surface area contributed by atoms with Gasteiger partial charge in [-0.1, -0.05) is 25.5 Å². The van der Waals surface area contributed by atoms with Gasteiger partial charge in [0.25, 0.3) is 0 Å². The highest BCUT2D eigenvalue weighted by molar-refractivity contribution is 5.36.